The van der Waals surface area contributed by atoms with Crippen molar-refractivity contribution < 1.29 is 19.4 Å². The maximum Gasteiger partial charge on any atom is 0.232 e. The quantitative estimate of drug-likeness (QED) is 0.719. The smallest absolute Gasteiger partial charge is 0.232 e. The van der Waals surface area contributed by atoms with Gasteiger partial charge in [-0.1, -0.05) is 0 Å². The average molecular weight is 253 g/mol. The zero-order valence-electron chi connectivity index (χ0n) is 10.6. The lowest BCUT2D eigenvalue weighted by atomic mass is 9.91. The van der Waals surface area contributed by atoms with Crippen molar-refractivity contribution in [2.24, 2.45) is 11.8 Å². The average Bonchev–Trinajstić information content (AvgIpc) is 2.91. The molecule has 2 saturated heterocycles. The summed E-state index contributed by atoms with van der Waals surface area (Å²) >= 11 is 0. The van der Waals surface area contributed by atoms with Crippen LogP contribution in [-0.2, 0) is 14.3 Å². The van der Waals surface area contributed by atoms with Crippen molar-refractivity contribution >= 4 is 11.8 Å². The second kappa shape index (κ2) is 4.03. The molecule has 1 N–H and O–H groups in total. The fraction of sp³-hybridized carbons (Fsp3) is 0.846. The Labute approximate surface area is 106 Å². The Morgan fingerprint density at radius 3 is 2.44 bits per heavy atom. The fourth-order valence-corrected chi connectivity index (χ4v) is 3.39. The lowest BCUT2D eigenvalue weighted by Gasteiger charge is -2.36. The van der Waals surface area contributed by atoms with Crippen LogP contribution in [0.25, 0.3) is 0 Å². The molecule has 2 aliphatic heterocycles. The number of amides is 2. The van der Waals surface area contributed by atoms with E-state index in [1.54, 1.807) is 6.92 Å². The summed E-state index contributed by atoms with van der Waals surface area (Å²) in [6.07, 6.45) is 2.50. The van der Waals surface area contributed by atoms with Crippen LogP contribution in [0.2, 0.25) is 0 Å². The fourth-order valence-electron chi connectivity index (χ4n) is 3.39. The number of ether oxygens (including phenoxy) is 1. The molecular weight excluding hydrogens is 234 g/mol. The van der Waals surface area contributed by atoms with Crippen LogP contribution >= 0.6 is 0 Å². The highest BCUT2D eigenvalue weighted by Gasteiger charge is 2.50. The molecule has 100 valence electrons. The maximum absolute atomic E-state index is 12.2. The number of hydrogen-bond acceptors (Lipinski definition) is 4. The third kappa shape index (κ3) is 1.68. The van der Waals surface area contributed by atoms with E-state index in [2.05, 4.69) is 0 Å². The van der Waals surface area contributed by atoms with Crippen molar-refractivity contribution in [2.45, 2.75) is 44.3 Å². The second-order valence-electron chi connectivity index (χ2n) is 5.84. The van der Waals surface area contributed by atoms with Crippen LogP contribution in [0.5, 0.6) is 0 Å². The molecule has 5 heteroatoms. The third-order valence-electron chi connectivity index (χ3n) is 4.75. The van der Waals surface area contributed by atoms with Gasteiger partial charge in [-0.05, 0) is 26.2 Å². The van der Waals surface area contributed by atoms with E-state index in [0.717, 1.165) is 12.8 Å². The Hall–Kier alpha value is -0.940. The number of β-amino-alcohol motifs (C(OH)–C–C–N with tert-alkyl or cyclic N) is 1. The molecule has 2 amide bonds. The summed E-state index contributed by atoms with van der Waals surface area (Å²) < 4.78 is 5.35. The van der Waals surface area contributed by atoms with Crippen molar-refractivity contribution in [2.75, 3.05) is 13.2 Å². The van der Waals surface area contributed by atoms with Crippen LogP contribution in [0.3, 0.4) is 0 Å². The van der Waals surface area contributed by atoms with Crippen LogP contribution in [-0.4, -0.2) is 46.7 Å². The predicted molar refractivity (Wildman–Crippen MR) is 62.5 cm³/mol. The van der Waals surface area contributed by atoms with Gasteiger partial charge in [-0.2, -0.15) is 0 Å². The number of aliphatic hydroxyl groups is 1. The number of imide groups is 1. The molecule has 2 heterocycles. The lowest BCUT2D eigenvalue weighted by molar-refractivity contribution is -0.158. The van der Waals surface area contributed by atoms with Crippen LogP contribution < -0.4 is 0 Å². The molecule has 18 heavy (non-hydrogen) atoms. The van der Waals surface area contributed by atoms with Crippen molar-refractivity contribution in [1.29, 1.82) is 0 Å². The SMILES string of the molecule is CC1OCCC1(O)CN1C(=O)C2CCC(C2)C1=O. The summed E-state index contributed by atoms with van der Waals surface area (Å²) in [5.74, 6) is -0.203. The highest BCUT2D eigenvalue weighted by molar-refractivity contribution is 6.01. The number of carbonyl (C=O) groups excluding carboxylic acids is 2. The minimum atomic E-state index is -1.07. The number of fused-ring (bicyclic) bond motifs is 2. The molecular formula is C13H19NO4. The van der Waals surface area contributed by atoms with Gasteiger partial charge in [0, 0.05) is 24.9 Å². The Bertz CT molecular complexity index is 374. The van der Waals surface area contributed by atoms with E-state index in [-0.39, 0.29) is 36.3 Å². The number of nitrogens with zero attached hydrogens (tertiary/aromatic N) is 1. The van der Waals surface area contributed by atoms with Crippen LogP contribution in [0, 0.1) is 11.8 Å². The summed E-state index contributed by atoms with van der Waals surface area (Å²) in [5, 5.41) is 10.5. The van der Waals surface area contributed by atoms with Gasteiger partial charge in [-0.15, -0.1) is 0 Å². The topological polar surface area (TPSA) is 66.8 Å². The van der Waals surface area contributed by atoms with E-state index < -0.39 is 5.60 Å². The zero-order chi connectivity index (χ0) is 12.9. The third-order valence-corrected chi connectivity index (χ3v) is 4.75. The first-order valence-electron chi connectivity index (χ1n) is 6.70. The summed E-state index contributed by atoms with van der Waals surface area (Å²) in [5.41, 5.74) is -1.07. The van der Waals surface area contributed by atoms with Crippen LogP contribution in [0.15, 0.2) is 0 Å². The number of carbonyl (C=O) groups is 2. The van der Waals surface area contributed by atoms with Crippen LogP contribution in [0.1, 0.15) is 32.6 Å². The Kier molecular flexibility index (Phi) is 2.71. The molecule has 4 atom stereocenters. The van der Waals surface area contributed by atoms with Gasteiger partial charge >= 0.3 is 0 Å². The van der Waals surface area contributed by atoms with E-state index in [1.807, 2.05) is 0 Å². The molecule has 2 bridgehead atoms. The Balaban J connectivity index is 1.79. The zero-order valence-corrected chi connectivity index (χ0v) is 10.6. The first-order valence-corrected chi connectivity index (χ1v) is 6.70. The Morgan fingerprint density at radius 2 is 1.94 bits per heavy atom. The van der Waals surface area contributed by atoms with Gasteiger partial charge in [0.1, 0.15) is 5.60 Å². The maximum atomic E-state index is 12.2. The van der Waals surface area contributed by atoms with Gasteiger partial charge in [-0.3, -0.25) is 14.5 Å². The minimum absolute atomic E-state index is 0.00562. The molecule has 0 radical (unpaired) electrons. The van der Waals surface area contributed by atoms with E-state index in [0.29, 0.717) is 19.4 Å². The molecule has 0 aromatic rings. The highest BCUT2D eigenvalue weighted by atomic mass is 16.5. The number of likely N-dealkylation sites (tertiary alicyclic amines) is 1. The first kappa shape index (κ1) is 12.1. The van der Waals surface area contributed by atoms with Crippen molar-refractivity contribution in [1.82, 2.24) is 4.90 Å². The largest absolute Gasteiger partial charge is 0.385 e. The molecule has 3 aliphatic rings. The van der Waals surface area contributed by atoms with Crippen LogP contribution in [0.4, 0.5) is 0 Å². The number of hydrogen-bond donors (Lipinski definition) is 1. The minimum Gasteiger partial charge on any atom is -0.385 e. The predicted octanol–water partition coefficient (Wildman–Crippen LogP) is 0.311. The molecule has 3 fully saturated rings. The monoisotopic (exact) mass is 253 g/mol. The van der Waals surface area contributed by atoms with Gasteiger partial charge in [0.15, 0.2) is 0 Å². The summed E-state index contributed by atoms with van der Waals surface area (Å²) in [6, 6.07) is 0. The number of rotatable bonds is 2. The molecule has 0 spiro atoms. The second-order valence-corrected chi connectivity index (χ2v) is 5.84. The van der Waals surface area contributed by atoms with Crippen molar-refractivity contribution in [3.8, 4) is 0 Å². The van der Waals surface area contributed by atoms with Gasteiger partial charge < -0.3 is 9.84 Å². The summed E-state index contributed by atoms with van der Waals surface area (Å²) in [4.78, 5) is 25.7. The summed E-state index contributed by atoms with van der Waals surface area (Å²) in [6.45, 7) is 2.38. The molecule has 1 saturated carbocycles. The molecule has 0 aromatic carbocycles. The standard InChI is InChI=1S/C13H19NO4/c1-8-13(17,4-5-18-8)7-14-11(15)9-2-3-10(6-9)12(14)16/h8-10,17H,2-7H2,1H3. The Morgan fingerprint density at radius 1 is 1.33 bits per heavy atom. The summed E-state index contributed by atoms with van der Waals surface area (Å²) in [7, 11) is 0. The van der Waals surface area contributed by atoms with E-state index in [1.165, 1.54) is 4.90 Å². The van der Waals surface area contributed by atoms with Gasteiger partial charge in [0.25, 0.3) is 0 Å². The van der Waals surface area contributed by atoms with E-state index >= 15 is 0 Å². The molecule has 4 unspecified atom stereocenters. The van der Waals surface area contributed by atoms with Gasteiger partial charge in [0.05, 0.1) is 12.6 Å². The van der Waals surface area contributed by atoms with E-state index in [4.69, 9.17) is 4.74 Å². The molecule has 0 aromatic heterocycles. The highest BCUT2D eigenvalue weighted by Crippen LogP contribution is 2.39. The first-order chi connectivity index (χ1) is 8.51. The van der Waals surface area contributed by atoms with E-state index in [9.17, 15) is 14.7 Å². The van der Waals surface area contributed by atoms with Gasteiger partial charge in [-0.25, -0.2) is 0 Å². The van der Waals surface area contributed by atoms with Gasteiger partial charge in [0.2, 0.25) is 11.8 Å². The van der Waals surface area contributed by atoms with Crippen molar-refractivity contribution in [3.05, 3.63) is 0 Å². The lowest BCUT2D eigenvalue weighted by Crippen LogP contribution is -2.55. The molecule has 3 rings (SSSR count). The van der Waals surface area contributed by atoms with Crippen molar-refractivity contribution in [3.63, 3.8) is 0 Å². The molecule has 1 aliphatic carbocycles. The number of piperidine rings is 1. The normalized spacial score (nSPS) is 43.9. The molecule has 5 nitrogen and oxygen atoms in total.